The van der Waals surface area contributed by atoms with Gasteiger partial charge in [-0.2, -0.15) is 0 Å². The molecule has 21 heavy (non-hydrogen) atoms. The maximum Gasteiger partial charge on any atom is 0.169 e. The largest absolute Gasteiger partial charge is 0.294 e. The summed E-state index contributed by atoms with van der Waals surface area (Å²) in [7, 11) is 0. The number of Topliss-reactive ketones (excluding diaryl/α,β-unsaturated/α-hetero) is 1. The van der Waals surface area contributed by atoms with E-state index in [4.69, 9.17) is 0 Å². The minimum absolute atomic E-state index is 0.0423. The monoisotopic (exact) mass is 292 g/mol. The van der Waals surface area contributed by atoms with E-state index in [1.165, 1.54) is 31.7 Å². The lowest BCUT2D eigenvalue weighted by molar-refractivity contribution is 0.0990. The van der Waals surface area contributed by atoms with Crippen LogP contribution in [-0.4, -0.2) is 5.78 Å². The van der Waals surface area contributed by atoms with Crippen LogP contribution < -0.4 is 0 Å². The Labute approximate surface area is 124 Å². The second kappa shape index (κ2) is 5.86. The Morgan fingerprint density at radius 2 is 1.86 bits per heavy atom. The van der Waals surface area contributed by atoms with Crippen molar-refractivity contribution in [2.24, 2.45) is 5.92 Å². The zero-order valence-corrected chi connectivity index (χ0v) is 12.6. The maximum absolute atomic E-state index is 13.9. The van der Waals surface area contributed by atoms with Crippen LogP contribution >= 0.6 is 0 Å². The van der Waals surface area contributed by atoms with Gasteiger partial charge in [0.2, 0.25) is 0 Å². The molecule has 0 heterocycles. The molecule has 114 valence electrons. The predicted octanol–water partition coefficient (Wildman–Crippen LogP) is 5.17. The molecular weight excluding hydrogens is 270 g/mol. The molecule has 0 spiro atoms. The van der Waals surface area contributed by atoms with Crippen LogP contribution in [0.4, 0.5) is 8.78 Å². The molecule has 3 rings (SSSR count). The molecule has 0 N–H and O–H groups in total. The van der Waals surface area contributed by atoms with Gasteiger partial charge >= 0.3 is 0 Å². The third-order valence-corrected chi connectivity index (χ3v) is 5.23. The summed E-state index contributed by atoms with van der Waals surface area (Å²) in [6, 6.07) is 1.36. The summed E-state index contributed by atoms with van der Waals surface area (Å²) in [5, 5.41) is 0. The van der Waals surface area contributed by atoms with Crippen molar-refractivity contribution in [3.8, 4) is 0 Å². The van der Waals surface area contributed by atoms with E-state index in [1.54, 1.807) is 0 Å². The molecule has 0 unspecified atom stereocenters. The zero-order valence-electron chi connectivity index (χ0n) is 12.6. The number of benzene rings is 1. The summed E-state index contributed by atoms with van der Waals surface area (Å²) in [5.74, 6) is -0.937. The smallest absolute Gasteiger partial charge is 0.169 e. The topological polar surface area (TPSA) is 17.1 Å². The van der Waals surface area contributed by atoms with Gasteiger partial charge in [0.25, 0.3) is 0 Å². The second-order valence-corrected chi connectivity index (χ2v) is 6.54. The van der Waals surface area contributed by atoms with Gasteiger partial charge in [-0.05, 0) is 61.1 Å². The first-order valence-electron chi connectivity index (χ1n) is 8.15. The van der Waals surface area contributed by atoms with Crippen molar-refractivity contribution in [1.29, 1.82) is 0 Å². The Morgan fingerprint density at radius 1 is 1.14 bits per heavy atom. The Balaban J connectivity index is 1.87. The quantitative estimate of drug-likeness (QED) is 0.751. The van der Waals surface area contributed by atoms with Crippen molar-refractivity contribution < 1.29 is 13.6 Å². The van der Waals surface area contributed by atoms with E-state index in [0.717, 1.165) is 29.9 Å². The molecule has 0 amide bonds. The molecule has 1 fully saturated rings. The number of fused-ring (bicyclic) bond motifs is 1. The summed E-state index contributed by atoms with van der Waals surface area (Å²) in [6.45, 7) is 2.21. The number of hydrogen-bond donors (Lipinski definition) is 0. The fraction of sp³-hybridized carbons (Fsp3) is 0.611. The van der Waals surface area contributed by atoms with E-state index in [1.807, 2.05) is 0 Å². The SMILES string of the molecule is CCCC1CCC(c2cc(F)c(F)c3c2CCC3=O)CC1. The number of rotatable bonds is 3. The third-order valence-electron chi connectivity index (χ3n) is 5.23. The Bertz CT molecular complexity index is 557. The van der Waals surface area contributed by atoms with Gasteiger partial charge in [-0.25, -0.2) is 8.78 Å². The van der Waals surface area contributed by atoms with Crippen molar-refractivity contribution in [1.82, 2.24) is 0 Å². The highest BCUT2D eigenvalue weighted by Crippen LogP contribution is 2.42. The van der Waals surface area contributed by atoms with E-state index < -0.39 is 11.6 Å². The van der Waals surface area contributed by atoms with Gasteiger partial charge in [-0.1, -0.05) is 19.8 Å². The second-order valence-electron chi connectivity index (χ2n) is 6.54. The van der Waals surface area contributed by atoms with Crippen LogP contribution in [0, 0.1) is 17.6 Å². The number of carbonyl (C=O) groups is 1. The molecular formula is C18H22F2O. The highest BCUT2D eigenvalue weighted by molar-refractivity contribution is 6.01. The maximum atomic E-state index is 13.9. The molecule has 1 aromatic carbocycles. The highest BCUT2D eigenvalue weighted by atomic mass is 19.2. The first-order chi connectivity index (χ1) is 10.1. The molecule has 0 aliphatic heterocycles. The first kappa shape index (κ1) is 14.7. The average Bonchev–Trinajstić information content (AvgIpc) is 2.86. The standard InChI is InChI=1S/C18H22F2O/c1-2-3-11-4-6-12(7-5-11)14-10-15(19)18(20)17-13(14)8-9-16(17)21/h10-12H,2-9H2,1H3. The highest BCUT2D eigenvalue weighted by Gasteiger charge is 2.32. The van der Waals surface area contributed by atoms with Gasteiger partial charge in [0.15, 0.2) is 17.4 Å². The molecule has 0 saturated heterocycles. The summed E-state index contributed by atoms with van der Waals surface area (Å²) >= 11 is 0. The summed E-state index contributed by atoms with van der Waals surface area (Å²) in [4.78, 5) is 11.8. The molecule has 0 atom stereocenters. The number of halogens is 2. The van der Waals surface area contributed by atoms with Crippen LogP contribution in [0.3, 0.4) is 0 Å². The Kier molecular flexibility index (Phi) is 4.10. The Morgan fingerprint density at radius 3 is 2.52 bits per heavy atom. The van der Waals surface area contributed by atoms with Crippen LogP contribution in [0.5, 0.6) is 0 Å². The molecule has 0 aromatic heterocycles. The van der Waals surface area contributed by atoms with E-state index >= 15 is 0 Å². The zero-order chi connectivity index (χ0) is 15.0. The lowest BCUT2D eigenvalue weighted by atomic mass is 9.75. The van der Waals surface area contributed by atoms with Crippen molar-refractivity contribution in [2.75, 3.05) is 0 Å². The van der Waals surface area contributed by atoms with Gasteiger partial charge < -0.3 is 0 Å². The van der Waals surface area contributed by atoms with Crippen LogP contribution in [0.2, 0.25) is 0 Å². The van der Waals surface area contributed by atoms with Crippen LogP contribution in [0.15, 0.2) is 6.07 Å². The lowest BCUT2D eigenvalue weighted by Gasteiger charge is -2.30. The van der Waals surface area contributed by atoms with Gasteiger partial charge in [-0.15, -0.1) is 0 Å². The molecule has 0 bridgehead atoms. The fourth-order valence-electron chi connectivity index (χ4n) is 4.14. The molecule has 1 aromatic rings. The number of hydrogen-bond acceptors (Lipinski definition) is 1. The molecule has 1 nitrogen and oxygen atoms in total. The predicted molar refractivity (Wildman–Crippen MR) is 78.6 cm³/mol. The van der Waals surface area contributed by atoms with Crippen molar-refractivity contribution in [3.63, 3.8) is 0 Å². The number of carbonyl (C=O) groups excluding carboxylic acids is 1. The van der Waals surface area contributed by atoms with Crippen LogP contribution in [0.25, 0.3) is 0 Å². The van der Waals surface area contributed by atoms with Gasteiger partial charge in [-0.3, -0.25) is 4.79 Å². The number of ketones is 1. The van der Waals surface area contributed by atoms with E-state index in [2.05, 4.69) is 6.92 Å². The summed E-state index contributed by atoms with van der Waals surface area (Å²) in [5.41, 5.74) is 1.74. The normalized spacial score (nSPS) is 25.2. The third kappa shape index (κ3) is 2.63. The van der Waals surface area contributed by atoms with E-state index in [9.17, 15) is 13.6 Å². The molecule has 0 radical (unpaired) electrons. The Hall–Kier alpha value is -1.25. The fourth-order valence-corrected chi connectivity index (χ4v) is 4.14. The van der Waals surface area contributed by atoms with Crippen molar-refractivity contribution in [2.45, 2.75) is 64.2 Å². The van der Waals surface area contributed by atoms with E-state index in [0.29, 0.717) is 18.8 Å². The van der Waals surface area contributed by atoms with Gasteiger partial charge in [0.1, 0.15) is 0 Å². The minimum atomic E-state index is -0.934. The average molecular weight is 292 g/mol. The lowest BCUT2D eigenvalue weighted by Crippen LogP contribution is -2.15. The van der Waals surface area contributed by atoms with Gasteiger partial charge in [0, 0.05) is 6.42 Å². The first-order valence-corrected chi connectivity index (χ1v) is 8.15. The van der Waals surface area contributed by atoms with Crippen LogP contribution in [0.1, 0.15) is 79.3 Å². The van der Waals surface area contributed by atoms with Crippen molar-refractivity contribution >= 4 is 5.78 Å². The minimum Gasteiger partial charge on any atom is -0.294 e. The molecule has 3 heteroatoms. The van der Waals surface area contributed by atoms with Crippen LogP contribution in [-0.2, 0) is 6.42 Å². The molecule has 2 aliphatic rings. The van der Waals surface area contributed by atoms with Gasteiger partial charge in [0.05, 0.1) is 5.56 Å². The van der Waals surface area contributed by atoms with Crippen molar-refractivity contribution in [3.05, 3.63) is 34.4 Å². The van der Waals surface area contributed by atoms with E-state index in [-0.39, 0.29) is 11.3 Å². The molecule has 2 aliphatic carbocycles. The summed E-state index contributed by atoms with van der Waals surface area (Å²) in [6.07, 6.45) is 7.79. The molecule has 1 saturated carbocycles. The summed E-state index contributed by atoms with van der Waals surface area (Å²) < 4.78 is 27.7.